The Balaban J connectivity index is 2.09. The topological polar surface area (TPSA) is 111 Å². The molecule has 0 radical (unpaired) electrons. The number of benzene rings is 1. The highest BCUT2D eigenvalue weighted by molar-refractivity contribution is 5.95. The van der Waals surface area contributed by atoms with Gasteiger partial charge in [-0.25, -0.2) is 14.6 Å². The quantitative estimate of drug-likeness (QED) is 0.789. The lowest BCUT2D eigenvalue weighted by atomic mass is 10.1. The Kier molecular flexibility index (Phi) is 4.17. The molecular formula is C13H15N5O3. The number of nitrogens with one attached hydrogen (secondary N) is 2. The molecule has 0 bridgehead atoms. The fourth-order valence-electron chi connectivity index (χ4n) is 1.82. The van der Waals surface area contributed by atoms with E-state index in [9.17, 15) is 9.59 Å². The summed E-state index contributed by atoms with van der Waals surface area (Å²) in [6.45, 7) is 1.92. The van der Waals surface area contributed by atoms with Crippen molar-refractivity contribution in [1.82, 2.24) is 20.1 Å². The number of urea groups is 1. The predicted molar refractivity (Wildman–Crippen MR) is 75.0 cm³/mol. The number of rotatable bonds is 4. The smallest absolute Gasteiger partial charge is 0.336 e. The molecule has 0 aliphatic carbocycles. The molecule has 0 saturated carbocycles. The molecule has 0 aliphatic heterocycles. The maximum atomic E-state index is 12.1. The molecule has 0 fully saturated rings. The molecular weight excluding hydrogens is 274 g/mol. The van der Waals surface area contributed by atoms with Crippen LogP contribution in [0.2, 0.25) is 0 Å². The minimum Gasteiger partial charge on any atom is -0.478 e. The van der Waals surface area contributed by atoms with Gasteiger partial charge in [0.1, 0.15) is 12.2 Å². The van der Waals surface area contributed by atoms with Crippen LogP contribution < -0.4 is 5.32 Å². The van der Waals surface area contributed by atoms with Gasteiger partial charge in [0, 0.05) is 12.7 Å². The van der Waals surface area contributed by atoms with E-state index in [0.29, 0.717) is 17.1 Å². The average molecular weight is 289 g/mol. The molecule has 0 atom stereocenters. The largest absolute Gasteiger partial charge is 0.478 e. The second kappa shape index (κ2) is 6.04. The Morgan fingerprint density at radius 3 is 2.81 bits per heavy atom. The van der Waals surface area contributed by atoms with Crippen LogP contribution in [0.15, 0.2) is 24.5 Å². The first-order valence-electron chi connectivity index (χ1n) is 6.18. The number of amides is 2. The van der Waals surface area contributed by atoms with Gasteiger partial charge in [0.05, 0.1) is 12.1 Å². The fraction of sp³-hybridized carbons (Fsp3) is 0.231. The monoisotopic (exact) mass is 289 g/mol. The van der Waals surface area contributed by atoms with Crippen molar-refractivity contribution in [2.45, 2.75) is 13.5 Å². The molecule has 0 saturated heterocycles. The van der Waals surface area contributed by atoms with Gasteiger partial charge in [0.15, 0.2) is 0 Å². The minimum absolute atomic E-state index is 0.158. The first-order chi connectivity index (χ1) is 9.99. The summed E-state index contributed by atoms with van der Waals surface area (Å²) in [6.07, 6.45) is 1.36. The summed E-state index contributed by atoms with van der Waals surface area (Å²) in [7, 11) is 1.61. The zero-order valence-electron chi connectivity index (χ0n) is 11.6. The van der Waals surface area contributed by atoms with Crippen molar-refractivity contribution in [2.24, 2.45) is 0 Å². The van der Waals surface area contributed by atoms with Crippen LogP contribution in [0.5, 0.6) is 0 Å². The summed E-state index contributed by atoms with van der Waals surface area (Å²) in [5, 5.41) is 18.1. The molecule has 110 valence electrons. The standard InChI is InChI=1S/C13H15N5O3/c1-8-9(12(19)20)4-3-5-10(8)16-13(21)18(2)6-11-14-7-15-17-11/h3-5,7H,6H2,1-2H3,(H,16,21)(H,19,20)(H,14,15,17). The van der Waals surface area contributed by atoms with E-state index in [1.165, 1.54) is 17.3 Å². The molecule has 2 rings (SSSR count). The number of aromatic carboxylic acids is 1. The number of nitrogens with zero attached hydrogens (tertiary/aromatic N) is 3. The van der Waals surface area contributed by atoms with E-state index in [4.69, 9.17) is 5.11 Å². The number of aromatic nitrogens is 3. The van der Waals surface area contributed by atoms with Crippen LogP contribution in [0.25, 0.3) is 0 Å². The summed E-state index contributed by atoms with van der Waals surface area (Å²) < 4.78 is 0. The Morgan fingerprint density at radius 2 is 2.19 bits per heavy atom. The fourth-order valence-corrected chi connectivity index (χ4v) is 1.82. The predicted octanol–water partition coefficient (Wildman–Crippen LogP) is 1.48. The van der Waals surface area contributed by atoms with Crippen LogP contribution in [-0.4, -0.2) is 44.2 Å². The minimum atomic E-state index is -1.03. The Labute approximate surface area is 120 Å². The number of aromatic amines is 1. The first-order valence-corrected chi connectivity index (χ1v) is 6.18. The van der Waals surface area contributed by atoms with Crippen LogP contribution in [0, 0.1) is 6.92 Å². The summed E-state index contributed by atoms with van der Waals surface area (Å²) >= 11 is 0. The molecule has 1 aromatic heterocycles. The zero-order chi connectivity index (χ0) is 15.4. The lowest BCUT2D eigenvalue weighted by Gasteiger charge is -2.18. The maximum absolute atomic E-state index is 12.1. The van der Waals surface area contributed by atoms with Gasteiger partial charge in [0.2, 0.25) is 0 Å². The van der Waals surface area contributed by atoms with Gasteiger partial charge in [-0.1, -0.05) is 6.07 Å². The molecule has 1 aromatic carbocycles. The van der Waals surface area contributed by atoms with E-state index in [2.05, 4.69) is 20.5 Å². The number of anilines is 1. The molecule has 21 heavy (non-hydrogen) atoms. The number of carbonyl (C=O) groups is 2. The third kappa shape index (κ3) is 3.35. The molecule has 3 N–H and O–H groups in total. The van der Waals surface area contributed by atoms with Crippen molar-refractivity contribution in [3.8, 4) is 0 Å². The van der Waals surface area contributed by atoms with E-state index in [0.717, 1.165) is 0 Å². The van der Waals surface area contributed by atoms with Crippen LogP contribution >= 0.6 is 0 Å². The second-order valence-corrected chi connectivity index (χ2v) is 4.50. The Bertz CT molecular complexity index is 654. The Morgan fingerprint density at radius 1 is 1.43 bits per heavy atom. The number of carboxylic acids is 1. The Hall–Kier alpha value is -2.90. The summed E-state index contributed by atoms with van der Waals surface area (Å²) in [5.74, 6) is -0.470. The SMILES string of the molecule is Cc1c(NC(=O)N(C)Cc2ncn[nH]2)cccc1C(=O)O. The highest BCUT2D eigenvalue weighted by Gasteiger charge is 2.15. The number of hydrogen-bond donors (Lipinski definition) is 3. The van der Waals surface area contributed by atoms with Crippen molar-refractivity contribution in [2.75, 3.05) is 12.4 Å². The molecule has 8 nitrogen and oxygen atoms in total. The first kappa shape index (κ1) is 14.5. The van der Waals surface area contributed by atoms with Crippen LogP contribution in [0.1, 0.15) is 21.7 Å². The van der Waals surface area contributed by atoms with E-state index >= 15 is 0 Å². The molecule has 0 unspecified atom stereocenters. The molecule has 0 aliphatic rings. The number of carboxylic acid groups (broad SMARTS) is 1. The van der Waals surface area contributed by atoms with Crippen LogP contribution in [0.3, 0.4) is 0 Å². The molecule has 2 aromatic rings. The van der Waals surface area contributed by atoms with Crippen molar-refractivity contribution >= 4 is 17.7 Å². The number of hydrogen-bond acceptors (Lipinski definition) is 4. The van der Waals surface area contributed by atoms with E-state index in [-0.39, 0.29) is 18.1 Å². The van der Waals surface area contributed by atoms with Crippen LogP contribution in [0.4, 0.5) is 10.5 Å². The normalized spacial score (nSPS) is 10.2. The van der Waals surface area contributed by atoms with Crippen molar-refractivity contribution in [3.05, 3.63) is 41.5 Å². The molecule has 2 amide bonds. The average Bonchev–Trinajstić information content (AvgIpc) is 2.93. The summed E-state index contributed by atoms with van der Waals surface area (Å²) in [4.78, 5) is 28.5. The maximum Gasteiger partial charge on any atom is 0.336 e. The molecule has 8 heteroatoms. The highest BCUT2D eigenvalue weighted by atomic mass is 16.4. The van der Waals surface area contributed by atoms with Gasteiger partial charge in [-0.15, -0.1) is 0 Å². The third-order valence-electron chi connectivity index (χ3n) is 3.00. The van der Waals surface area contributed by atoms with Crippen molar-refractivity contribution < 1.29 is 14.7 Å². The molecule has 1 heterocycles. The second-order valence-electron chi connectivity index (χ2n) is 4.50. The van der Waals surface area contributed by atoms with Gasteiger partial charge in [0.25, 0.3) is 0 Å². The van der Waals surface area contributed by atoms with Gasteiger partial charge < -0.3 is 15.3 Å². The lowest BCUT2D eigenvalue weighted by Crippen LogP contribution is -2.31. The van der Waals surface area contributed by atoms with E-state index < -0.39 is 5.97 Å². The number of H-pyrrole nitrogens is 1. The zero-order valence-corrected chi connectivity index (χ0v) is 11.6. The summed E-state index contributed by atoms with van der Waals surface area (Å²) in [5.41, 5.74) is 1.13. The van der Waals surface area contributed by atoms with Gasteiger partial charge >= 0.3 is 12.0 Å². The van der Waals surface area contributed by atoms with Gasteiger partial charge in [-0.2, -0.15) is 5.10 Å². The summed E-state index contributed by atoms with van der Waals surface area (Å²) in [6, 6.07) is 4.37. The lowest BCUT2D eigenvalue weighted by molar-refractivity contribution is 0.0696. The van der Waals surface area contributed by atoms with Crippen molar-refractivity contribution in [1.29, 1.82) is 0 Å². The van der Waals surface area contributed by atoms with Gasteiger partial charge in [-0.05, 0) is 24.6 Å². The molecule has 0 spiro atoms. The van der Waals surface area contributed by atoms with Gasteiger partial charge in [-0.3, -0.25) is 5.10 Å². The van der Waals surface area contributed by atoms with E-state index in [1.54, 1.807) is 26.1 Å². The third-order valence-corrected chi connectivity index (χ3v) is 3.00. The van der Waals surface area contributed by atoms with E-state index in [1.807, 2.05) is 0 Å². The van der Waals surface area contributed by atoms with Crippen LogP contribution in [-0.2, 0) is 6.54 Å². The highest BCUT2D eigenvalue weighted by Crippen LogP contribution is 2.19. The van der Waals surface area contributed by atoms with Crippen molar-refractivity contribution in [3.63, 3.8) is 0 Å². The number of carbonyl (C=O) groups excluding carboxylic acids is 1.